The quantitative estimate of drug-likeness (QED) is 0.234. The third-order valence-corrected chi connectivity index (χ3v) is 11.1. The number of hydrogen-bond donors (Lipinski definition) is 2. The molecule has 49 heavy (non-hydrogen) atoms. The molecule has 0 radical (unpaired) electrons. The average Bonchev–Trinajstić information content (AvgIpc) is 3.86. The molecule has 3 aliphatic rings. The number of hydrogen-bond acceptors (Lipinski definition) is 10. The molecule has 0 bridgehead atoms. The van der Waals surface area contributed by atoms with Gasteiger partial charge in [0.1, 0.15) is 18.5 Å². The zero-order valence-corrected chi connectivity index (χ0v) is 28.5. The normalized spacial score (nSPS) is 21.6. The number of benzene rings is 3. The lowest BCUT2D eigenvalue weighted by molar-refractivity contribution is -0.0907. The Morgan fingerprint density at radius 3 is 2.55 bits per heavy atom. The molecular formula is C36H44N2O10S. The summed E-state index contributed by atoms with van der Waals surface area (Å²) in [5, 5.41) is 14.6. The van der Waals surface area contributed by atoms with Crippen LogP contribution in [0.25, 0.3) is 0 Å². The lowest BCUT2D eigenvalue weighted by Gasteiger charge is -2.31. The van der Waals surface area contributed by atoms with Crippen molar-refractivity contribution in [3.05, 3.63) is 83.9 Å². The lowest BCUT2D eigenvalue weighted by atomic mass is 10.0. The Balaban J connectivity index is 1.19. The van der Waals surface area contributed by atoms with Gasteiger partial charge in [-0.25, -0.2) is 13.2 Å². The smallest absolute Gasteiger partial charge is 0.407 e. The summed E-state index contributed by atoms with van der Waals surface area (Å²) in [7, 11) is -4.07. The topological polar surface area (TPSA) is 142 Å². The highest BCUT2D eigenvalue weighted by atomic mass is 32.2. The molecule has 1 amide bonds. The standard InChI is InChI=1S/C36H44N2O10S/c1-3-24(2)19-38(49(41,42)28-13-14-32-33(18-28)47-23-46-32)20-31(39)30(37-36(40)48-34-22-45-35-29(34)15-16-43-35)17-25-9-11-27(12-10-25)44-21-26-7-5-4-6-8-26/h4-14,18,24,29-31,34-35,39H,3,15-17,19-23H2,1-2H3,(H,37,40)/t24-,29-,30-,31+,34-,35+/m0/s1. The molecule has 0 spiro atoms. The number of alkyl carbamates (subject to hydrolysis) is 1. The first-order valence-corrected chi connectivity index (χ1v) is 18.2. The van der Waals surface area contributed by atoms with Gasteiger partial charge >= 0.3 is 6.09 Å². The molecule has 2 saturated heterocycles. The van der Waals surface area contributed by atoms with E-state index in [-0.39, 0.29) is 49.6 Å². The number of carbonyl (C=O) groups is 1. The molecule has 3 aliphatic heterocycles. The van der Waals surface area contributed by atoms with Gasteiger partial charge < -0.3 is 38.8 Å². The van der Waals surface area contributed by atoms with Crippen LogP contribution < -0.4 is 19.5 Å². The van der Waals surface area contributed by atoms with Crippen LogP contribution in [0.4, 0.5) is 4.79 Å². The summed E-state index contributed by atoms with van der Waals surface area (Å²) >= 11 is 0. The molecule has 3 heterocycles. The summed E-state index contributed by atoms with van der Waals surface area (Å²) < 4.78 is 63.0. The molecule has 13 heteroatoms. The Bertz CT molecular complexity index is 1660. The van der Waals surface area contributed by atoms with Crippen LogP contribution in [0.15, 0.2) is 77.7 Å². The fourth-order valence-corrected chi connectivity index (χ4v) is 7.73. The number of nitrogens with zero attached hydrogens (tertiary/aromatic N) is 1. The third-order valence-electron chi connectivity index (χ3n) is 9.22. The largest absolute Gasteiger partial charge is 0.489 e. The van der Waals surface area contributed by atoms with E-state index in [2.05, 4.69) is 5.32 Å². The molecule has 6 rings (SSSR count). The van der Waals surface area contributed by atoms with Crippen LogP contribution in [0.1, 0.15) is 37.8 Å². The fourth-order valence-electron chi connectivity index (χ4n) is 6.14. The van der Waals surface area contributed by atoms with Crippen molar-refractivity contribution in [1.29, 1.82) is 0 Å². The zero-order chi connectivity index (χ0) is 34.4. The van der Waals surface area contributed by atoms with Crippen molar-refractivity contribution < 1.29 is 46.7 Å². The van der Waals surface area contributed by atoms with Crippen LogP contribution in [0.5, 0.6) is 17.2 Å². The van der Waals surface area contributed by atoms with E-state index in [9.17, 15) is 18.3 Å². The Morgan fingerprint density at radius 2 is 1.78 bits per heavy atom. The van der Waals surface area contributed by atoms with E-state index in [1.54, 1.807) is 6.07 Å². The predicted octanol–water partition coefficient (Wildman–Crippen LogP) is 4.49. The van der Waals surface area contributed by atoms with E-state index in [0.717, 1.165) is 24.0 Å². The van der Waals surface area contributed by atoms with Crippen molar-refractivity contribution in [1.82, 2.24) is 9.62 Å². The van der Waals surface area contributed by atoms with Gasteiger partial charge in [-0.3, -0.25) is 0 Å². The van der Waals surface area contributed by atoms with Gasteiger partial charge in [-0.2, -0.15) is 4.31 Å². The van der Waals surface area contributed by atoms with Crippen molar-refractivity contribution in [3.63, 3.8) is 0 Å². The fraction of sp³-hybridized carbons (Fsp3) is 0.472. The molecule has 0 unspecified atom stereocenters. The van der Waals surface area contributed by atoms with Gasteiger partial charge in [0.05, 0.1) is 36.2 Å². The van der Waals surface area contributed by atoms with Crippen LogP contribution >= 0.6 is 0 Å². The van der Waals surface area contributed by atoms with Crippen LogP contribution in [0.2, 0.25) is 0 Å². The summed E-state index contributed by atoms with van der Waals surface area (Å²) in [6, 6.07) is 20.8. The van der Waals surface area contributed by atoms with Gasteiger partial charge in [0.2, 0.25) is 16.8 Å². The summed E-state index contributed by atoms with van der Waals surface area (Å²) in [6.07, 6.45) is -1.25. The van der Waals surface area contributed by atoms with Gasteiger partial charge in [0, 0.05) is 19.2 Å². The molecule has 3 aromatic rings. The van der Waals surface area contributed by atoms with Crippen LogP contribution in [-0.2, 0) is 37.3 Å². The molecule has 264 valence electrons. The summed E-state index contributed by atoms with van der Waals surface area (Å²) in [5.41, 5.74) is 1.84. The number of aliphatic hydroxyl groups excluding tert-OH is 1. The maximum Gasteiger partial charge on any atom is 0.407 e. The van der Waals surface area contributed by atoms with Gasteiger partial charge in [0.15, 0.2) is 17.8 Å². The highest BCUT2D eigenvalue weighted by Crippen LogP contribution is 2.35. The molecular weight excluding hydrogens is 652 g/mol. The summed E-state index contributed by atoms with van der Waals surface area (Å²) in [4.78, 5) is 13.3. The number of sulfonamides is 1. The number of carbonyl (C=O) groups excluding carboxylic acids is 1. The molecule has 12 nitrogen and oxygen atoms in total. The zero-order valence-electron chi connectivity index (χ0n) is 27.7. The SMILES string of the molecule is CC[C@H](C)CN(C[C@@H](O)[C@H](Cc1ccc(OCc2ccccc2)cc1)NC(=O)O[C@H]1CO[C@H]2OCC[C@H]21)S(=O)(=O)c1ccc2c(c1)OCO2. The summed E-state index contributed by atoms with van der Waals surface area (Å²) in [6.45, 7) is 5.01. The van der Waals surface area contributed by atoms with Crippen LogP contribution in [-0.4, -0.2) is 81.6 Å². The van der Waals surface area contributed by atoms with Crippen LogP contribution in [0.3, 0.4) is 0 Å². The highest BCUT2D eigenvalue weighted by molar-refractivity contribution is 7.89. The lowest BCUT2D eigenvalue weighted by Crippen LogP contribution is -2.51. The first-order valence-electron chi connectivity index (χ1n) is 16.7. The Labute approximate surface area is 287 Å². The van der Waals surface area contributed by atoms with Crippen LogP contribution in [0, 0.1) is 11.8 Å². The Hall–Kier alpha value is -3.88. The maximum absolute atomic E-state index is 14.0. The number of aliphatic hydroxyl groups is 1. The van der Waals surface area contributed by atoms with Gasteiger partial charge in [-0.05, 0) is 54.2 Å². The number of fused-ring (bicyclic) bond motifs is 2. The monoisotopic (exact) mass is 696 g/mol. The molecule has 2 N–H and O–H groups in total. The number of nitrogens with one attached hydrogen (secondary N) is 1. The first-order chi connectivity index (χ1) is 23.7. The van der Waals surface area contributed by atoms with E-state index in [4.69, 9.17) is 28.4 Å². The van der Waals surface area contributed by atoms with Crippen molar-refractivity contribution in [2.75, 3.05) is 33.1 Å². The molecule has 0 aromatic heterocycles. The van der Waals surface area contributed by atoms with E-state index >= 15 is 0 Å². The first kappa shape index (κ1) is 35.0. The number of rotatable bonds is 15. The number of amides is 1. The molecule has 0 aliphatic carbocycles. The molecule has 6 atom stereocenters. The Morgan fingerprint density at radius 1 is 1.00 bits per heavy atom. The van der Waals surface area contributed by atoms with E-state index in [1.807, 2.05) is 68.4 Å². The van der Waals surface area contributed by atoms with Gasteiger partial charge in [-0.15, -0.1) is 0 Å². The minimum absolute atomic E-state index is 0.000247. The van der Waals surface area contributed by atoms with Gasteiger partial charge in [-0.1, -0.05) is 62.7 Å². The van der Waals surface area contributed by atoms with Crippen molar-refractivity contribution in [2.45, 2.75) is 69.2 Å². The van der Waals surface area contributed by atoms with Crippen molar-refractivity contribution in [3.8, 4) is 17.2 Å². The minimum atomic E-state index is -4.07. The maximum atomic E-state index is 14.0. The number of ether oxygens (including phenoxy) is 6. The molecule has 3 aromatic carbocycles. The Kier molecular flexibility index (Phi) is 11.3. The van der Waals surface area contributed by atoms with Gasteiger partial charge in [0.25, 0.3) is 0 Å². The second-order valence-corrected chi connectivity index (χ2v) is 14.7. The second-order valence-electron chi connectivity index (χ2n) is 12.8. The minimum Gasteiger partial charge on any atom is -0.489 e. The van der Waals surface area contributed by atoms with Crippen molar-refractivity contribution >= 4 is 16.1 Å². The van der Waals surface area contributed by atoms with E-state index < -0.39 is 40.7 Å². The average molecular weight is 697 g/mol. The van der Waals surface area contributed by atoms with Crippen molar-refractivity contribution in [2.24, 2.45) is 11.8 Å². The van der Waals surface area contributed by atoms with E-state index in [0.29, 0.717) is 30.5 Å². The second kappa shape index (κ2) is 15.8. The molecule has 2 fully saturated rings. The third kappa shape index (κ3) is 8.65. The molecule has 0 saturated carbocycles. The summed E-state index contributed by atoms with van der Waals surface area (Å²) in [5.74, 6) is 1.42. The van der Waals surface area contributed by atoms with E-state index in [1.165, 1.54) is 16.4 Å². The predicted molar refractivity (Wildman–Crippen MR) is 179 cm³/mol. The highest BCUT2D eigenvalue weighted by Gasteiger charge is 2.44.